The average Bonchev–Trinajstić information content (AvgIpc) is 2.57. The van der Waals surface area contributed by atoms with Gasteiger partial charge in [-0.1, -0.05) is 0 Å². The van der Waals surface area contributed by atoms with Crippen molar-refractivity contribution >= 4 is 5.95 Å². The lowest BCUT2D eigenvalue weighted by Crippen LogP contribution is -2.33. The highest BCUT2D eigenvalue weighted by Crippen LogP contribution is 2.29. The van der Waals surface area contributed by atoms with Gasteiger partial charge in [-0.2, -0.15) is 4.98 Å². The summed E-state index contributed by atoms with van der Waals surface area (Å²) in [5.74, 6) is -0.00709. The summed E-state index contributed by atoms with van der Waals surface area (Å²) in [5, 5.41) is 35.6. The van der Waals surface area contributed by atoms with Gasteiger partial charge in [0.2, 0.25) is 5.95 Å². The first-order chi connectivity index (χ1) is 8.04. The number of nitrogens with zero attached hydrogens (tertiary/aromatic N) is 2. The Morgan fingerprint density at radius 1 is 1.47 bits per heavy atom. The van der Waals surface area contributed by atoms with Crippen LogP contribution in [0.15, 0.2) is 12.3 Å². The Morgan fingerprint density at radius 3 is 2.71 bits per heavy atom. The van der Waals surface area contributed by atoms with Gasteiger partial charge >= 0.3 is 0 Å². The fourth-order valence-corrected chi connectivity index (χ4v) is 1.77. The maximum atomic E-state index is 9.77. The summed E-state index contributed by atoms with van der Waals surface area (Å²) in [6.07, 6.45) is -2.75. The molecule has 0 bridgehead atoms. The van der Waals surface area contributed by atoms with Gasteiger partial charge in [0.05, 0.1) is 6.61 Å². The molecule has 2 heterocycles. The smallest absolute Gasteiger partial charge is 0.204 e. The van der Waals surface area contributed by atoms with Gasteiger partial charge in [0.25, 0.3) is 0 Å². The van der Waals surface area contributed by atoms with E-state index in [0.717, 1.165) is 0 Å². The van der Waals surface area contributed by atoms with E-state index in [9.17, 15) is 10.2 Å². The average molecular weight is 242 g/mol. The molecule has 0 saturated carbocycles. The van der Waals surface area contributed by atoms with Crippen molar-refractivity contribution in [2.45, 2.75) is 24.5 Å². The number of anilines is 1. The van der Waals surface area contributed by atoms with Crippen molar-refractivity contribution in [3.63, 3.8) is 0 Å². The van der Waals surface area contributed by atoms with E-state index in [4.69, 9.17) is 21.0 Å². The Bertz CT molecular complexity index is 463. The second kappa shape index (κ2) is 4.41. The first-order valence-electron chi connectivity index (χ1n) is 5.06. The maximum absolute atomic E-state index is 9.77. The topological polar surface area (TPSA) is 138 Å². The van der Waals surface area contributed by atoms with Crippen molar-refractivity contribution < 1.29 is 20.1 Å². The van der Waals surface area contributed by atoms with Crippen LogP contribution in [0.1, 0.15) is 6.23 Å². The summed E-state index contributed by atoms with van der Waals surface area (Å²) in [7, 11) is 0. The molecule has 4 atom stereocenters. The SMILES string of the molecule is N=c1ccn([C@@H]2O[C@H](CO)[C@@H](O)[C@@H]2O)c(N)n1. The van der Waals surface area contributed by atoms with Crippen LogP contribution in [0.4, 0.5) is 5.95 Å². The Kier molecular flexibility index (Phi) is 3.11. The maximum Gasteiger partial charge on any atom is 0.204 e. The third-order valence-electron chi connectivity index (χ3n) is 2.68. The second-order valence-electron chi connectivity index (χ2n) is 3.81. The second-order valence-corrected chi connectivity index (χ2v) is 3.81. The van der Waals surface area contributed by atoms with E-state index in [1.807, 2.05) is 0 Å². The molecule has 1 aliphatic rings. The molecule has 0 spiro atoms. The van der Waals surface area contributed by atoms with Crippen molar-refractivity contribution in [3.8, 4) is 0 Å². The van der Waals surface area contributed by atoms with E-state index >= 15 is 0 Å². The highest BCUT2D eigenvalue weighted by atomic mass is 16.6. The molecule has 1 fully saturated rings. The number of hydrogen-bond donors (Lipinski definition) is 5. The summed E-state index contributed by atoms with van der Waals surface area (Å²) >= 11 is 0. The molecule has 1 saturated heterocycles. The van der Waals surface area contributed by atoms with Crippen LogP contribution in [-0.2, 0) is 4.74 Å². The molecule has 1 aliphatic heterocycles. The molecule has 8 nitrogen and oxygen atoms in total. The van der Waals surface area contributed by atoms with Crippen molar-refractivity contribution in [2.75, 3.05) is 12.3 Å². The van der Waals surface area contributed by atoms with Crippen LogP contribution in [0, 0.1) is 5.41 Å². The van der Waals surface area contributed by atoms with Crippen molar-refractivity contribution in [3.05, 3.63) is 17.8 Å². The Labute approximate surface area is 96.4 Å². The predicted molar refractivity (Wildman–Crippen MR) is 55.5 cm³/mol. The Balaban J connectivity index is 2.32. The van der Waals surface area contributed by atoms with Gasteiger partial charge in [-0.3, -0.25) is 9.98 Å². The molecular weight excluding hydrogens is 228 g/mol. The van der Waals surface area contributed by atoms with Gasteiger partial charge in [-0.05, 0) is 6.07 Å². The van der Waals surface area contributed by atoms with Crippen LogP contribution < -0.4 is 11.2 Å². The van der Waals surface area contributed by atoms with Crippen molar-refractivity contribution in [2.24, 2.45) is 0 Å². The molecule has 0 amide bonds. The van der Waals surface area contributed by atoms with Crippen LogP contribution >= 0.6 is 0 Å². The van der Waals surface area contributed by atoms with Crippen LogP contribution in [-0.4, -0.2) is 49.8 Å². The van der Waals surface area contributed by atoms with E-state index in [0.29, 0.717) is 0 Å². The standard InChI is InChI=1S/C9H14N4O4/c10-5-1-2-13(9(11)12-5)8-7(16)6(15)4(3-14)17-8/h1-2,4,6-8,14-16H,3H2,(H3,10,11,12)/t4-,6-,7+,8-/m1/s1. The minimum absolute atomic E-state index is 0.00709. The third kappa shape index (κ3) is 2.03. The number of aliphatic hydroxyl groups is 3. The van der Waals surface area contributed by atoms with Gasteiger partial charge in [0.1, 0.15) is 23.8 Å². The lowest BCUT2D eigenvalue weighted by Gasteiger charge is -2.19. The monoisotopic (exact) mass is 242 g/mol. The highest BCUT2D eigenvalue weighted by molar-refractivity contribution is 5.17. The van der Waals surface area contributed by atoms with E-state index in [-0.39, 0.29) is 11.4 Å². The molecule has 0 unspecified atom stereocenters. The number of nitrogens with two attached hydrogens (primary N) is 1. The lowest BCUT2D eigenvalue weighted by molar-refractivity contribution is -0.0523. The number of aromatic nitrogens is 2. The minimum Gasteiger partial charge on any atom is -0.394 e. The third-order valence-corrected chi connectivity index (χ3v) is 2.68. The molecule has 0 aromatic carbocycles. The van der Waals surface area contributed by atoms with Crippen LogP contribution in [0.25, 0.3) is 0 Å². The minimum atomic E-state index is -1.21. The molecule has 0 aliphatic carbocycles. The van der Waals surface area contributed by atoms with Crippen molar-refractivity contribution in [1.29, 1.82) is 5.41 Å². The van der Waals surface area contributed by atoms with E-state index in [1.54, 1.807) is 0 Å². The largest absolute Gasteiger partial charge is 0.394 e. The summed E-state index contributed by atoms with van der Waals surface area (Å²) in [6, 6.07) is 1.38. The van der Waals surface area contributed by atoms with Crippen molar-refractivity contribution in [1.82, 2.24) is 9.55 Å². The number of aliphatic hydroxyl groups excluding tert-OH is 3. The van der Waals surface area contributed by atoms with Gasteiger partial charge in [-0.25, -0.2) is 0 Å². The Hall–Kier alpha value is -1.48. The molecule has 0 radical (unpaired) electrons. The predicted octanol–water partition coefficient (Wildman–Crippen LogP) is -2.44. The molecule has 8 heteroatoms. The molecular formula is C9H14N4O4. The molecule has 1 aromatic rings. The van der Waals surface area contributed by atoms with Crippen LogP contribution in [0.5, 0.6) is 0 Å². The zero-order valence-electron chi connectivity index (χ0n) is 8.89. The fraction of sp³-hybridized carbons (Fsp3) is 0.556. The van der Waals surface area contributed by atoms with Gasteiger partial charge in [0, 0.05) is 6.20 Å². The molecule has 94 valence electrons. The van der Waals surface area contributed by atoms with Gasteiger partial charge in [-0.15, -0.1) is 0 Å². The molecule has 6 N–H and O–H groups in total. The Morgan fingerprint density at radius 2 is 2.18 bits per heavy atom. The normalized spacial score (nSPS) is 32.9. The first-order valence-corrected chi connectivity index (χ1v) is 5.06. The quantitative estimate of drug-likeness (QED) is 0.390. The van der Waals surface area contributed by atoms with Crippen LogP contribution in [0.2, 0.25) is 0 Å². The summed E-state index contributed by atoms with van der Waals surface area (Å²) < 4.78 is 6.58. The number of nitrogen functional groups attached to an aromatic ring is 1. The zero-order valence-corrected chi connectivity index (χ0v) is 8.89. The summed E-state index contributed by atoms with van der Waals surface area (Å²) in [6.45, 7) is -0.404. The van der Waals surface area contributed by atoms with Gasteiger partial charge < -0.3 is 25.8 Å². The number of rotatable bonds is 2. The summed E-state index contributed by atoms with van der Waals surface area (Å²) in [5.41, 5.74) is 5.58. The van der Waals surface area contributed by atoms with E-state index in [1.165, 1.54) is 16.8 Å². The first kappa shape index (κ1) is 12.0. The lowest BCUT2D eigenvalue weighted by atomic mass is 10.1. The van der Waals surface area contributed by atoms with E-state index in [2.05, 4.69) is 4.98 Å². The van der Waals surface area contributed by atoms with Crippen LogP contribution in [0.3, 0.4) is 0 Å². The molecule has 17 heavy (non-hydrogen) atoms. The number of hydrogen-bond acceptors (Lipinski definition) is 7. The molecule has 2 rings (SSSR count). The number of ether oxygens (including phenoxy) is 1. The fourth-order valence-electron chi connectivity index (χ4n) is 1.77. The van der Waals surface area contributed by atoms with Gasteiger partial charge in [0.15, 0.2) is 6.23 Å². The summed E-state index contributed by atoms with van der Waals surface area (Å²) in [4.78, 5) is 3.70. The zero-order chi connectivity index (χ0) is 12.6. The van der Waals surface area contributed by atoms with E-state index < -0.39 is 31.1 Å². The molecule has 1 aromatic heterocycles. The highest BCUT2D eigenvalue weighted by Gasteiger charge is 2.43. The number of nitrogens with one attached hydrogen (secondary N) is 1.